The normalized spacial score (nSPS) is 13.7. The molecule has 0 atom stereocenters. The van der Waals surface area contributed by atoms with E-state index in [0.717, 1.165) is 32.1 Å². The van der Waals surface area contributed by atoms with Gasteiger partial charge in [0.25, 0.3) is 5.91 Å². The molecule has 0 aromatic heterocycles. The number of aliphatic imine (C=N–C) groups is 1. The lowest BCUT2D eigenvalue weighted by Crippen LogP contribution is -2.42. The van der Waals surface area contributed by atoms with Crippen LogP contribution in [0.2, 0.25) is 10.0 Å². The third-order valence-electron chi connectivity index (χ3n) is 3.92. The molecule has 0 radical (unpaired) electrons. The van der Waals surface area contributed by atoms with Gasteiger partial charge in [-0.15, -0.1) is 24.0 Å². The van der Waals surface area contributed by atoms with Crippen LogP contribution in [0.1, 0.15) is 29.6 Å². The van der Waals surface area contributed by atoms with E-state index in [0.29, 0.717) is 34.7 Å². The van der Waals surface area contributed by atoms with Crippen molar-refractivity contribution in [2.24, 2.45) is 10.9 Å². The first-order valence-electron chi connectivity index (χ1n) is 8.85. The van der Waals surface area contributed by atoms with E-state index < -0.39 is 0 Å². The Morgan fingerprint density at radius 3 is 2.52 bits per heavy atom. The Morgan fingerprint density at radius 2 is 1.85 bits per heavy atom. The number of ether oxygens (including phenoxy) is 1. The highest BCUT2D eigenvalue weighted by molar-refractivity contribution is 14.0. The quantitative estimate of drug-likeness (QED) is 0.188. The largest absolute Gasteiger partial charge is 0.381 e. The van der Waals surface area contributed by atoms with Gasteiger partial charge in [0, 0.05) is 45.5 Å². The molecule has 3 N–H and O–H groups in total. The molecule has 1 aromatic rings. The number of benzene rings is 1. The highest BCUT2D eigenvalue weighted by Crippen LogP contribution is 2.28. The number of guanidine groups is 1. The first-order chi connectivity index (χ1) is 12.6. The van der Waals surface area contributed by atoms with E-state index in [1.165, 1.54) is 12.8 Å². The topological polar surface area (TPSA) is 74.8 Å². The smallest absolute Gasteiger partial charge is 0.251 e. The van der Waals surface area contributed by atoms with Gasteiger partial charge < -0.3 is 20.7 Å². The standard InChI is InChI=1S/C18H26Cl2N4O2.HI/c1-21-18(23-7-2-10-26-12-13-3-4-13)24-9-8-22-17(25)14-5-6-15(19)16(20)11-14;/h5-6,11,13H,2-4,7-10,12H2,1H3,(H,22,25)(H2,21,23,24);1H. The molecule has 1 aliphatic carbocycles. The minimum absolute atomic E-state index is 0. The van der Waals surface area contributed by atoms with Crippen molar-refractivity contribution in [3.8, 4) is 0 Å². The third-order valence-corrected chi connectivity index (χ3v) is 4.66. The zero-order valence-electron chi connectivity index (χ0n) is 15.4. The molecular formula is C18H27Cl2IN4O2. The van der Waals surface area contributed by atoms with Crippen LogP contribution in [-0.4, -0.2) is 51.8 Å². The van der Waals surface area contributed by atoms with Crippen LogP contribution in [0.15, 0.2) is 23.2 Å². The number of rotatable bonds is 10. The molecule has 0 heterocycles. The summed E-state index contributed by atoms with van der Waals surface area (Å²) in [7, 11) is 1.72. The van der Waals surface area contributed by atoms with Crippen LogP contribution < -0.4 is 16.0 Å². The molecule has 6 nitrogen and oxygen atoms in total. The van der Waals surface area contributed by atoms with Crippen molar-refractivity contribution in [3.05, 3.63) is 33.8 Å². The van der Waals surface area contributed by atoms with Gasteiger partial charge in [-0.05, 0) is 43.4 Å². The number of carbonyl (C=O) groups excluding carboxylic acids is 1. The van der Waals surface area contributed by atoms with E-state index in [4.69, 9.17) is 27.9 Å². The minimum atomic E-state index is -0.193. The summed E-state index contributed by atoms with van der Waals surface area (Å²) in [6.07, 6.45) is 3.56. The van der Waals surface area contributed by atoms with E-state index in [1.54, 1.807) is 25.2 Å². The highest BCUT2D eigenvalue weighted by atomic mass is 127. The van der Waals surface area contributed by atoms with Gasteiger partial charge in [-0.25, -0.2) is 0 Å². The molecule has 1 saturated carbocycles. The molecule has 0 spiro atoms. The van der Waals surface area contributed by atoms with Crippen LogP contribution in [0.4, 0.5) is 0 Å². The zero-order valence-corrected chi connectivity index (χ0v) is 19.2. The average Bonchev–Trinajstić information content (AvgIpc) is 3.46. The van der Waals surface area contributed by atoms with Crippen LogP contribution in [0.25, 0.3) is 0 Å². The molecule has 1 aromatic carbocycles. The fourth-order valence-corrected chi connectivity index (χ4v) is 2.53. The number of nitrogens with one attached hydrogen (secondary N) is 3. The first kappa shape index (κ1) is 24.3. The number of nitrogens with zero attached hydrogens (tertiary/aromatic N) is 1. The van der Waals surface area contributed by atoms with Crippen molar-refractivity contribution in [1.29, 1.82) is 0 Å². The second-order valence-corrected chi connectivity index (χ2v) is 7.00. The number of hydrogen-bond acceptors (Lipinski definition) is 3. The summed E-state index contributed by atoms with van der Waals surface area (Å²) in [6, 6.07) is 4.80. The number of carbonyl (C=O) groups is 1. The summed E-state index contributed by atoms with van der Waals surface area (Å²) in [6.45, 7) is 3.47. The Labute approximate surface area is 187 Å². The maximum absolute atomic E-state index is 12.0. The summed E-state index contributed by atoms with van der Waals surface area (Å²) >= 11 is 11.8. The monoisotopic (exact) mass is 528 g/mol. The molecule has 9 heteroatoms. The van der Waals surface area contributed by atoms with Crippen molar-refractivity contribution in [1.82, 2.24) is 16.0 Å². The van der Waals surface area contributed by atoms with Crippen molar-refractivity contribution >= 4 is 59.0 Å². The number of hydrogen-bond donors (Lipinski definition) is 3. The van der Waals surface area contributed by atoms with E-state index >= 15 is 0 Å². The Balaban J connectivity index is 0.00000364. The summed E-state index contributed by atoms with van der Waals surface area (Å²) in [5.74, 6) is 1.31. The van der Waals surface area contributed by atoms with Gasteiger partial charge in [-0.1, -0.05) is 23.2 Å². The second-order valence-electron chi connectivity index (χ2n) is 6.18. The molecule has 0 bridgehead atoms. The minimum Gasteiger partial charge on any atom is -0.381 e. The van der Waals surface area contributed by atoms with Gasteiger partial charge in [-0.3, -0.25) is 9.79 Å². The van der Waals surface area contributed by atoms with Gasteiger partial charge in [0.05, 0.1) is 10.0 Å². The second kappa shape index (κ2) is 13.4. The third kappa shape index (κ3) is 9.82. The molecule has 27 heavy (non-hydrogen) atoms. The van der Waals surface area contributed by atoms with Crippen LogP contribution >= 0.6 is 47.2 Å². The lowest BCUT2D eigenvalue weighted by molar-refractivity contribution is 0.0954. The summed E-state index contributed by atoms with van der Waals surface area (Å²) < 4.78 is 5.59. The number of halogens is 3. The molecule has 0 unspecified atom stereocenters. The average molecular weight is 529 g/mol. The Morgan fingerprint density at radius 1 is 1.15 bits per heavy atom. The molecule has 1 fully saturated rings. The van der Waals surface area contributed by atoms with Gasteiger partial charge in [0.15, 0.2) is 5.96 Å². The Bertz CT molecular complexity index is 627. The fourth-order valence-electron chi connectivity index (χ4n) is 2.23. The van der Waals surface area contributed by atoms with Crippen molar-refractivity contribution in [2.75, 3.05) is 39.9 Å². The van der Waals surface area contributed by atoms with Crippen LogP contribution in [0.3, 0.4) is 0 Å². The molecule has 0 saturated heterocycles. The molecule has 2 rings (SSSR count). The van der Waals surface area contributed by atoms with E-state index in [-0.39, 0.29) is 29.9 Å². The van der Waals surface area contributed by atoms with Gasteiger partial charge in [-0.2, -0.15) is 0 Å². The van der Waals surface area contributed by atoms with Crippen molar-refractivity contribution < 1.29 is 9.53 Å². The van der Waals surface area contributed by atoms with Gasteiger partial charge in [0.1, 0.15) is 0 Å². The Kier molecular flexibility index (Phi) is 12.1. The highest BCUT2D eigenvalue weighted by Gasteiger charge is 2.20. The van der Waals surface area contributed by atoms with Crippen molar-refractivity contribution in [2.45, 2.75) is 19.3 Å². The molecular weight excluding hydrogens is 502 g/mol. The van der Waals surface area contributed by atoms with Crippen molar-refractivity contribution in [3.63, 3.8) is 0 Å². The van der Waals surface area contributed by atoms with E-state index in [2.05, 4.69) is 20.9 Å². The van der Waals surface area contributed by atoms with Crippen LogP contribution in [-0.2, 0) is 4.74 Å². The molecule has 1 amide bonds. The van der Waals surface area contributed by atoms with Gasteiger partial charge in [0.2, 0.25) is 0 Å². The SMILES string of the molecule is CN=C(NCCCOCC1CC1)NCCNC(=O)c1ccc(Cl)c(Cl)c1.I. The molecule has 0 aliphatic heterocycles. The Hall–Kier alpha value is -0.770. The lowest BCUT2D eigenvalue weighted by Gasteiger charge is -2.12. The summed E-state index contributed by atoms with van der Waals surface area (Å²) in [4.78, 5) is 16.2. The summed E-state index contributed by atoms with van der Waals surface area (Å²) in [5.41, 5.74) is 0.480. The first-order valence-corrected chi connectivity index (χ1v) is 9.61. The molecule has 152 valence electrons. The predicted molar refractivity (Wildman–Crippen MR) is 122 cm³/mol. The maximum atomic E-state index is 12.0. The van der Waals surface area contributed by atoms with E-state index in [1.807, 2.05) is 0 Å². The lowest BCUT2D eigenvalue weighted by atomic mass is 10.2. The van der Waals surface area contributed by atoms with Gasteiger partial charge >= 0.3 is 0 Å². The molecule has 1 aliphatic rings. The van der Waals surface area contributed by atoms with Crippen LogP contribution in [0.5, 0.6) is 0 Å². The fraction of sp³-hybridized carbons (Fsp3) is 0.556. The summed E-state index contributed by atoms with van der Waals surface area (Å²) in [5, 5.41) is 9.98. The maximum Gasteiger partial charge on any atom is 0.251 e. The van der Waals surface area contributed by atoms with E-state index in [9.17, 15) is 4.79 Å². The van der Waals surface area contributed by atoms with Crippen LogP contribution in [0, 0.1) is 5.92 Å². The number of amides is 1. The predicted octanol–water partition coefficient (Wildman–Crippen LogP) is 3.32. The zero-order chi connectivity index (χ0) is 18.8.